The zero-order valence-corrected chi connectivity index (χ0v) is 18.4. The Morgan fingerprint density at radius 1 is 0.686 bits per heavy atom. The third kappa shape index (κ3) is 4.73. The van der Waals surface area contributed by atoms with Crippen molar-refractivity contribution in [3.05, 3.63) is 124 Å². The number of nitro groups is 1. The van der Waals surface area contributed by atoms with Crippen LogP contribution in [0.15, 0.2) is 99.6 Å². The van der Waals surface area contributed by atoms with Gasteiger partial charge in [-0.15, -0.1) is 0 Å². The molecule has 35 heavy (non-hydrogen) atoms. The Kier molecular flexibility index (Phi) is 6.83. The van der Waals surface area contributed by atoms with Gasteiger partial charge in [0.05, 0.1) is 15.8 Å². The number of carbonyl (C=O) groups excluding carboxylic acids is 1. The molecule has 0 atom stereocenters. The lowest BCUT2D eigenvalue weighted by atomic mass is 10.1. The number of carbonyl (C=O) groups is 1. The molecule has 0 heterocycles. The molecule has 10 heteroatoms. The van der Waals surface area contributed by atoms with E-state index in [2.05, 4.69) is 0 Å². The first kappa shape index (κ1) is 24.0. The fourth-order valence-corrected chi connectivity index (χ4v) is 5.38. The second-order valence-electron chi connectivity index (χ2n) is 7.03. The second-order valence-corrected chi connectivity index (χ2v) is 9.06. The Morgan fingerprint density at radius 2 is 1.14 bits per heavy atom. The summed E-state index contributed by atoms with van der Waals surface area (Å²) in [5.74, 6) is -11.2. The number of esters is 1. The summed E-state index contributed by atoms with van der Waals surface area (Å²) < 4.78 is 60.1. The minimum atomic E-state index is -2.40. The first-order chi connectivity index (χ1) is 16.8. The molecule has 0 saturated carbocycles. The molecule has 0 unspecified atom stereocenters. The van der Waals surface area contributed by atoms with E-state index in [4.69, 9.17) is 4.74 Å². The van der Waals surface area contributed by atoms with Crippen LogP contribution in [0.5, 0.6) is 5.75 Å². The number of rotatable bonds is 6. The molecule has 0 aliphatic carbocycles. The van der Waals surface area contributed by atoms with Gasteiger partial charge in [0, 0.05) is 0 Å². The second kappa shape index (κ2) is 9.98. The highest BCUT2D eigenvalue weighted by Gasteiger charge is 2.37. The minimum absolute atomic E-state index is 0.165. The van der Waals surface area contributed by atoms with Crippen molar-refractivity contribution in [2.75, 3.05) is 0 Å². The number of benzene rings is 4. The van der Waals surface area contributed by atoms with Crippen molar-refractivity contribution in [3.63, 3.8) is 0 Å². The maximum absolute atomic E-state index is 14.2. The van der Waals surface area contributed by atoms with E-state index in [0.29, 0.717) is 0 Å². The van der Waals surface area contributed by atoms with Crippen LogP contribution in [0, 0.1) is 33.4 Å². The first-order valence-corrected chi connectivity index (χ1v) is 11.2. The van der Waals surface area contributed by atoms with E-state index in [1.165, 1.54) is 12.1 Å². The highest BCUT2D eigenvalue weighted by atomic mass is 32.2. The predicted molar refractivity (Wildman–Crippen MR) is 119 cm³/mol. The van der Waals surface area contributed by atoms with E-state index in [0.717, 1.165) is 14.7 Å². The molecule has 4 aromatic rings. The van der Waals surface area contributed by atoms with Crippen molar-refractivity contribution < 1.29 is 32.0 Å². The Morgan fingerprint density at radius 3 is 1.63 bits per heavy atom. The molecule has 0 N–H and O–H groups in total. The number of nitrogens with zero attached hydrogens (tertiary/aromatic N) is 1. The molecule has 0 bridgehead atoms. The van der Waals surface area contributed by atoms with Crippen molar-refractivity contribution in [2.45, 2.75) is 14.7 Å². The summed E-state index contributed by atoms with van der Waals surface area (Å²) in [5.41, 5.74) is -3.50. The van der Waals surface area contributed by atoms with Gasteiger partial charge in [0.15, 0.2) is 31.9 Å². The van der Waals surface area contributed by atoms with E-state index < -0.39 is 56.3 Å². The molecular weight excluding hydrogens is 486 g/mol. The zero-order valence-electron chi connectivity index (χ0n) is 17.6. The largest absolute Gasteiger partial charge is 0.423 e. The number of hydrogen-bond acceptors (Lipinski definition) is 4. The summed E-state index contributed by atoms with van der Waals surface area (Å²) in [7, 11) is -0.525. The average Bonchev–Trinajstić information content (AvgIpc) is 2.87. The van der Waals surface area contributed by atoms with Gasteiger partial charge in [-0.05, 0) is 48.5 Å². The molecule has 5 nitrogen and oxygen atoms in total. The standard InChI is InChI=1S/C25H14F4NO4S/c26-20-19(24(30(32)33)23(29)22(28)21(20)27)25(31)34-15-11-13-18(14-12-15)35(16-7-3-1-4-8-16)17-9-5-2-6-10-17/h1-14H/q+1. The summed E-state index contributed by atoms with van der Waals surface area (Å²) in [4.78, 5) is 24.9. The van der Waals surface area contributed by atoms with Crippen LogP contribution in [0.1, 0.15) is 10.4 Å². The summed E-state index contributed by atoms with van der Waals surface area (Å²) in [6.07, 6.45) is 0. The van der Waals surface area contributed by atoms with Crippen LogP contribution in [-0.2, 0) is 10.9 Å². The molecule has 0 spiro atoms. The van der Waals surface area contributed by atoms with Crippen LogP contribution in [-0.4, -0.2) is 10.9 Å². The average molecular weight is 500 g/mol. The smallest absolute Gasteiger partial charge is 0.353 e. The van der Waals surface area contributed by atoms with Gasteiger partial charge in [-0.1, -0.05) is 36.4 Å². The van der Waals surface area contributed by atoms with E-state index in [1.54, 1.807) is 12.1 Å². The minimum Gasteiger partial charge on any atom is -0.423 e. The fraction of sp³-hybridized carbons (Fsp3) is 0. The van der Waals surface area contributed by atoms with Crippen molar-refractivity contribution in [1.29, 1.82) is 0 Å². The summed E-state index contributed by atoms with van der Waals surface area (Å²) in [6, 6.07) is 25.2. The van der Waals surface area contributed by atoms with Crippen molar-refractivity contribution in [1.82, 2.24) is 0 Å². The first-order valence-electron chi connectivity index (χ1n) is 9.96. The van der Waals surface area contributed by atoms with E-state index in [-0.39, 0.29) is 5.75 Å². The highest BCUT2D eigenvalue weighted by Crippen LogP contribution is 2.33. The monoisotopic (exact) mass is 500 g/mol. The Labute approximate surface area is 199 Å². The van der Waals surface area contributed by atoms with Crippen LogP contribution < -0.4 is 4.74 Å². The Hall–Kier alpha value is -4.18. The van der Waals surface area contributed by atoms with Crippen LogP contribution in [0.2, 0.25) is 0 Å². The highest BCUT2D eigenvalue weighted by molar-refractivity contribution is 7.97. The molecule has 0 fully saturated rings. The Bertz CT molecular complexity index is 1360. The lowest BCUT2D eigenvalue weighted by Gasteiger charge is -2.10. The Balaban J connectivity index is 1.68. The van der Waals surface area contributed by atoms with Gasteiger partial charge < -0.3 is 4.74 Å². The lowest BCUT2D eigenvalue weighted by molar-refractivity contribution is -0.388. The van der Waals surface area contributed by atoms with Gasteiger partial charge in [-0.3, -0.25) is 10.1 Å². The van der Waals surface area contributed by atoms with Gasteiger partial charge in [0.1, 0.15) is 5.75 Å². The molecule has 176 valence electrons. The number of nitro benzene ring substituents is 1. The topological polar surface area (TPSA) is 69.4 Å². The molecule has 0 saturated heterocycles. The quantitative estimate of drug-likeness (QED) is 0.0445. The molecular formula is C25H14F4NO4S+. The van der Waals surface area contributed by atoms with Gasteiger partial charge in [-0.2, -0.15) is 4.39 Å². The summed E-state index contributed by atoms with van der Waals surface area (Å²) in [6.45, 7) is 0. The van der Waals surface area contributed by atoms with Gasteiger partial charge in [0.2, 0.25) is 11.6 Å². The van der Waals surface area contributed by atoms with Gasteiger partial charge >= 0.3 is 11.7 Å². The van der Waals surface area contributed by atoms with Gasteiger partial charge in [0.25, 0.3) is 0 Å². The predicted octanol–water partition coefficient (Wildman–Crippen LogP) is 6.47. The maximum atomic E-state index is 14.2. The molecule has 4 rings (SSSR count). The van der Waals surface area contributed by atoms with Crippen molar-refractivity contribution in [3.8, 4) is 5.75 Å². The third-order valence-electron chi connectivity index (χ3n) is 4.86. The molecule has 0 aliphatic rings. The molecule has 0 aromatic heterocycles. The van der Waals surface area contributed by atoms with Crippen LogP contribution in [0.3, 0.4) is 0 Å². The van der Waals surface area contributed by atoms with E-state index in [9.17, 15) is 32.5 Å². The normalized spacial score (nSPS) is 10.9. The van der Waals surface area contributed by atoms with Gasteiger partial charge in [-0.25, -0.2) is 18.0 Å². The molecule has 0 amide bonds. The fourth-order valence-electron chi connectivity index (χ4n) is 3.30. The number of halogens is 4. The summed E-state index contributed by atoms with van der Waals surface area (Å²) >= 11 is 0. The van der Waals surface area contributed by atoms with Crippen LogP contribution in [0.4, 0.5) is 23.2 Å². The lowest BCUT2D eigenvalue weighted by Crippen LogP contribution is -2.17. The van der Waals surface area contributed by atoms with Crippen LogP contribution in [0.25, 0.3) is 0 Å². The number of ether oxygens (including phenoxy) is 1. The number of hydrogen-bond donors (Lipinski definition) is 0. The zero-order chi connectivity index (χ0) is 25.1. The van der Waals surface area contributed by atoms with Crippen LogP contribution >= 0.6 is 0 Å². The molecule has 4 aromatic carbocycles. The summed E-state index contributed by atoms with van der Waals surface area (Å²) in [5, 5.41) is 11.1. The molecule has 0 radical (unpaired) electrons. The maximum Gasteiger partial charge on any atom is 0.353 e. The molecule has 0 aliphatic heterocycles. The van der Waals surface area contributed by atoms with Crippen molar-refractivity contribution in [2.24, 2.45) is 0 Å². The van der Waals surface area contributed by atoms with E-state index in [1.807, 2.05) is 60.7 Å². The SMILES string of the molecule is O=C(Oc1ccc([S+](c2ccccc2)c2ccccc2)cc1)c1c(F)c(F)c(F)c(F)c1[N+](=O)[O-]. The van der Waals surface area contributed by atoms with E-state index >= 15 is 0 Å². The third-order valence-corrected chi connectivity index (χ3v) is 7.09. The van der Waals surface area contributed by atoms with Crippen molar-refractivity contribution >= 4 is 22.6 Å².